The third-order valence-corrected chi connectivity index (χ3v) is 11.7. The first-order valence-electron chi connectivity index (χ1n) is 20.8. The van der Waals surface area contributed by atoms with E-state index in [2.05, 4.69) is 35.8 Å². The van der Waals surface area contributed by atoms with Crippen LogP contribution in [0.25, 0.3) is 0 Å². The quantitative estimate of drug-likeness (QED) is 0.153. The van der Waals surface area contributed by atoms with E-state index in [1.165, 1.54) is 36.4 Å². The molecule has 350 valence electrons. The van der Waals surface area contributed by atoms with Crippen LogP contribution in [0.3, 0.4) is 0 Å². The van der Waals surface area contributed by atoms with E-state index in [1.807, 2.05) is 13.8 Å². The van der Waals surface area contributed by atoms with Crippen LogP contribution in [0.15, 0.2) is 54.6 Å². The molecule has 6 rings (SSSR count). The normalized spacial score (nSPS) is 19.0. The van der Waals surface area contributed by atoms with Crippen molar-refractivity contribution in [1.82, 2.24) is 14.7 Å². The molecule has 63 heavy (non-hydrogen) atoms. The molecule has 3 N–H and O–H groups in total. The van der Waals surface area contributed by atoms with Crippen molar-refractivity contribution in [2.75, 3.05) is 58.9 Å². The average molecular weight is 907 g/mol. The molecule has 0 amide bonds. The summed E-state index contributed by atoms with van der Waals surface area (Å²) in [5.74, 6) is -3.33. The van der Waals surface area contributed by atoms with Crippen LogP contribution >= 0.6 is 0 Å². The highest BCUT2D eigenvalue weighted by Gasteiger charge is 2.38. The Balaban J connectivity index is 0.000000208. The molecule has 3 aromatic rings. The Bertz CT molecular complexity index is 1940. The standard InChI is InChI=1S/C15H17F3N2O2.C15H20F3NO2.C14H18F3NO2/c1-2-20-7-5-14(21,6-8-20)12-4-3-11(10-19)13(9-12)22-15(16,17)18;1-2-7-19-8-5-15(20,6-9-19)11-3-4-12(16)13(10-11)21-14(17)18;1-2-18-7-5-14(19,6-8-18)10-3-4-11(15)12(9-10)20-13(16)17/h3-4,9,21H,2,5-8H2,1H3;3-4,10,14,20H,2,5-9H2,1H3;3-4,9,13,19H,2,5-8H2,1H3. The van der Waals surface area contributed by atoms with Gasteiger partial charge in [0.1, 0.15) is 11.8 Å². The van der Waals surface area contributed by atoms with Gasteiger partial charge >= 0.3 is 19.6 Å². The Morgan fingerprint density at radius 3 is 1.27 bits per heavy atom. The summed E-state index contributed by atoms with van der Waals surface area (Å²) >= 11 is 0. The first-order valence-corrected chi connectivity index (χ1v) is 20.8. The van der Waals surface area contributed by atoms with E-state index in [0.29, 0.717) is 68.3 Å². The SMILES string of the molecule is CCCN1CCC(O)(c2ccc(F)c(OC(F)F)c2)CC1.CCN1CCC(O)(c2ccc(C#N)c(OC(F)(F)F)c2)CC1.CCN1CCC(O)(c2ccc(F)c(OC(F)F)c2)CC1. The number of piperidine rings is 3. The topological polar surface area (TPSA) is 122 Å². The van der Waals surface area contributed by atoms with Crippen molar-refractivity contribution < 1.29 is 69.0 Å². The average Bonchev–Trinajstić information content (AvgIpc) is 3.23. The van der Waals surface area contributed by atoms with Gasteiger partial charge in [0.05, 0.1) is 22.4 Å². The molecule has 10 nitrogen and oxygen atoms in total. The van der Waals surface area contributed by atoms with Crippen molar-refractivity contribution in [1.29, 1.82) is 5.26 Å². The fourth-order valence-corrected chi connectivity index (χ4v) is 7.88. The highest BCUT2D eigenvalue weighted by Crippen LogP contribution is 2.39. The van der Waals surface area contributed by atoms with Crippen LogP contribution in [-0.4, -0.2) is 109 Å². The Morgan fingerprint density at radius 2 is 0.952 bits per heavy atom. The fourth-order valence-electron chi connectivity index (χ4n) is 7.88. The maximum Gasteiger partial charge on any atom is 0.573 e. The summed E-state index contributed by atoms with van der Waals surface area (Å²) < 4.78 is 125. The van der Waals surface area contributed by atoms with Crippen molar-refractivity contribution in [3.8, 4) is 23.3 Å². The molecule has 0 unspecified atom stereocenters. The van der Waals surface area contributed by atoms with Gasteiger partial charge in [0, 0.05) is 39.3 Å². The van der Waals surface area contributed by atoms with E-state index in [9.17, 15) is 54.8 Å². The van der Waals surface area contributed by atoms with Crippen LogP contribution in [-0.2, 0) is 16.8 Å². The van der Waals surface area contributed by atoms with Gasteiger partial charge in [-0.05, 0) is 118 Å². The molecule has 0 atom stereocenters. The van der Waals surface area contributed by atoms with Crippen LogP contribution in [0.4, 0.5) is 39.5 Å². The molecule has 3 saturated heterocycles. The van der Waals surface area contributed by atoms with E-state index in [-0.39, 0.29) is 5.56 Å². The minimum Gasteiger partial charge on any atom is -0.432 e. The maximum absolute atomic E-state index is 13.4. The summed E-state index contributed by atoms with van der Waals surface area (Å²) in [7, 11) is 0. The van der Waals surface area contributed by atoms with Crippen LogP contribution in [0, 0.1) is 23.0 Å². The summed E-state index contributed by atoms with van der Waals surface area (Å²) in [5.41, 5.74) is -2.43. The Labute approximate surface area is 361 Å². The van der Waals surface area contributed by atoms with E-state index in [0.717, 1.165) is 70.4 Å². The predicted molar refractivity (Wildman–Crippen MR) is 214 cm³/mol. The molecule has 0 bridgehead atoms. The van der Waals surface area contributed by atoms with E-state index in [1.54, 1.807) is 6.07 Å². The summed E-state index contributed by atoms with van der Waals surface area (Å²) in [6.07, 6.45) is -1.02. The zero-order valence-electron chi connectivity index (χ0n) is 35.4. The molecular weight excluding hydrogens is 851 g/mol. The van der Waals surface area contributed by atoms with Crippen LogP contribution in [0.2, 0.25) is 0 Å². The number of ether oxygens (including phenoxy) is 3. The minimum atomic E-state index is -4.88. The molecule has 0 aliphatic carbocycles. The molecule has 0 saturated carbocycles. The number of benzene rings is 3. The van der Waals surface area contributed by atoms with Crippen molar-refractivity contribution in [3.63, 3.8) is 0 Å². The number of nitrogens with zero attached hydrogens (tertiary/aromatic N) is 4. The summed E-state index contributed by atoms with van der Waals surface area (Å²) in [5, 5.41) is 40.9. The molecule has 3 heterocycles. The zero-order valence-corrected chi connectivity index (χ0v) is 35.4. The highest BCUT2D eigenvalue weighted by atomic mass is 19.4. The van der Waals surface area contributed by atoms with Gasteiger partial charge in [0.2, 0.25) is 0 Å². The molecule has 3 aliphatic rings. The Kier molecular flexibility index (Phi) is 18.4. The van der Waals surface area contributed by atoms with Gasteiger partial charge in [0.25, 0.3) is 0 Å². The molecule has 3 fully saturated rings. The van der Waals surface area contributed by atoms with E-state index >= 15 is 0 Å². The van der Waals surface area contributed by atoms with Crippen molar-refractivity contribution >= 4 is 0 Å². The number of likely N-dealkylation sites (tertiary alicyclic amines) is 3. The number of hydrogen-bond donors (Lipinski definition) is 3. The largest absolute Gasteiger partial charge is 0.573 e. The summed E-state index contributed by atoms with van der Waals surface area (Å²) in [6.45, 7) is 6.94. The first-order chi connectivity index (χ1) is 29.7. The van der Waals surface area contributed by atoms with E-state index in [4.69, 9.17) is 5.26 Å². The number of rotatable bonds is 12. The van der Waals surface area contributed by atoms with Crippen LogP contribution in [0.5, 0.6) is 17.2 Å². The lowest BCUT2D eigenvalue weighted by Crippen LogP contribution is -2.42. The Hall–Kier alpha value is -4.32. The van der Waals surface area contributed by atoms with Gasteiger partial charge in [-0.15, -0.1) is 13.2 Å². The summed E-state index contributed by atoms with van der Waals surface area (Å²) in [6, 6.07) is 12.8. The van der Waals surface area contributed by atoms with Crippen LogP contribution < -0.4 is 14.2 Å². The van der Waals surface area contributed by atoms with Gasteiger partial charge in [-0.3, -0.25) is 0 Å². The third kappa shape index (κ3) is 14.6. The molecule has 3 aromatic carbocycles. The van der Waals surface area contributed by atoms with Crippen molar-refractivity contribution in [2.24, 2.45) is 0 Å². The van der Waals surface area contributed by atoms with Crippen LogP contribution in [0.1, 0.15) is 88.0 Å². The highest BCUT2D eigenvalue weighted by molar-refractivity contribution is 5.47. The van der Waals surface area contributed by atoms with Gasteiger partial charge in [-0.25, -0.2) is 8.78 Å². The summed E-state index contributed by atoms with van der Waals surface area (Å²) in [4.78, 5) is 6.59. The predicted octanol–water partition coefficient (Wildman–Crippen LogP) is 8.61. The number of nitriles is 1. The van der Waals surface area contributed by atoms with Gasteiger partial charge in [0.15, 0.2) is 23.1 Å². The van der Waals surface area contributed by atoms with Crippen molar-refractivity contribution in [3.05, 3.63) is 88.5 Å². The second kappa shape index (κ2) is 22.5. The van der Waals surface area contributed by atoms with Gasteiger partial charge in [-0.1, -0.05) is 39.0 Å². The molecule has 0 radical (unpaired) electrons. The lowest BCUT2D eigenvalue weighted by Gasteiger charge is -2.38. The first kappa shape index (κ1) is 51.3. The molecule has 0 aromatic heterocycles. The number of halogens is 9. The van der Waals surface area contributed by atoms with Gasteiger partial charge < -0.3 is 44.2 Å². The molecular formula is C44H55F9N4O6. The lowest BCUT2D eigenvalue weighted by atomic mass is 9.84. The zero-order chi connectivity index (χ0) is 46.6. The van der Waals surface area contributed by atoms with Crippen molar-refractivity contribution in [2.45, 2.75) is 102 Å². The molecule has 19 heteroatoms. The monoisotopic (exact) mass is 906 g/mol. The third-order valence-electron chi connectivity index (χ3n) is 11.7. The number of aliphatic hydroxyl groups is 3. The maximum atomic E-state index is 13.4. The lowest BCUT2D eigenvalue weighted by molar-refractivity contribution is -0.274. The number of hydrogen-bond acceptors (Lipinski definition) is 10. The molecule has 0 spiro atoms. The van der Waals surface area contributed by atoms with E-state index < -0.39 is 65.3 Å². The minimum absolute atomic E-state index is 0.212. The van der Waals surface area contributed by atoms with Gasteiger partial charge in [-0.2, -0.15) is 22.8 Å². The molecule has 3 aliphatic heterocycles. The fraction of sp³-hybridized carbons (Fsp3) is 0.568. The smallest absolute Gasteiger partial charge is 0.432 e. The number of alkyl halides is 7. The second-order valence-corrected chi connectivity index (χ2v) is 15.7. The second-order valence-electron chi connectivity index (χ2n) is 15.7. The Morgan fingerprint density at radius 1 is 0.603 bits per heavy atom.